The van der Waals surface area contributed by atoms with Gasteiger partial charge < -0.3 is 19.5 Å². The maximum atomic E-state index is 10.7. The molecule has 1 aromatic carbocycles. The van der Waals surface area contributed by atoms with E-state index in [2.05, 4.69) is 24.1 Å². The van der Waals surface area contributed by atoms with Gasteiger partial charge in [-0.25, -0.2) is 0 Å². The van der Waals surface area contributed by atoms with Gasteiger partial charge in [-0.2, -0.15) is 0 Å². The Morgan fingerprint density at radius 3 is 2.71 bits per heavy atom. The Balaban J connectivity index is 1.85. The lowest BCUT2D eigenvalue weighted by Gasteiger charge is -2.51. The lowest BCUT2D eigenvalue weighted by Crippen LogP contribution is -2.56. The summed E-state index contributed by atoms with van der Waals surface area (Å²) in [6.45, 7) is 1.11. The summed E-state index contributed by atoms with van der Waals surface area (Å²) < 4.78 is 11.0. The Hall–Kier alpha value is -1.26. The molecule has 132 valence electrons. The first-order valence-electron chi connectivity index (χ1n) is 9.22. The SMILES string of the molecule is COc1ccc([C@]23CCN(C)[C@H]2[C@H]2CCC[C@@H]3C[C@H]2O)cc1OC. The molecule has 4 fully saturated rings. The quantitative estimate of drug-likeness (QED) is 0.925. The third-order valence-electron chi connectivity index (χ3n) is 7.05. The maximum Gasteiger partial charge on any atom is 0.161 e. The summed E-state index contributed by atoms with van der Waals surface area (Å²) in [4.78, 5) is 2.50. The van der Waals surface area contributed by atoms with Gasteiger partial charge >= 0.3 is 0 Å². The number of nitrogens with zero attached hydrogens (tertiary/aromatic N) is 1. The van der Waals surface area contributed by atoms with Gasteiger partial charge in [0.15, 0.2) is 11.5 Å². The van der Waals surface area contributed by atoms with Crippen LogP contribution >= 0.6 is 0 Å². The number of fused-ring (bicyclic) bond motifs is 3. The van der Waals surface area contributed by atoms with Gasteiger partial charge in [-0.05, 0) is 62.9 Å². The van der Waals surface area contributed by atoms with E-state index in [1.165, 1.54) is 24.8 Å². The molecule has 1 aliphatic heterocycles. The Morgan fingerprint density at radius 2 is 1.96 bits per heavy atom. The fourth-order valence-electron chi connectivity index (χ4n) is 6.09. The van der Waals surface area contributed by atoms with Gasteiger partial charge in [-0.1, -0.05) is 12.5 Å². The number of likely N-dealkylation sites (N-methyl/N-ethyl adjacent to an activating group) is 1. The predicted molar refractivity (Wildman–Crippen MR) is 93.7 cm³/mol. The van der Waals surface area contributed by atoms with Crippen molar-refractivity contribution in [2.24, 2.45) is 11.8 Å². The highest BCUT2D eigenvalue weighted by Crippen LogP contribution is 2.58. The van der Waals surface area contributed by atoms with Crippen molar-refractivity contribution < 1.29 is 14.6 Å². The van der Waals surface area contributed by atoms with Crippen LogP contribution in [0.4, 0.5) is 0 Å². The van der Waals surface area contributed by atoms with Crippen molar-refractivity contribution in [3.63, 3.8) is 0 Å². The van der Waals surface area contributed by atoms with Crippen molar-refractivity contribution in [1.29, 1.82) is 0 Å². The van der Waals surface area contributed by atoms with Crippen LogP contribution in [0.3, 0.4) is 0 Å². The standard InChI is InChI=1S/C20H29NO3/c1-21-10-9-20(14-7-8-17(23-2)18(12-14)24-3)13-5-4-6-15(19(20)21)16(22)11-13/h7-8,12-13,15-16,19,22H,4-6,9-11H2,1-3H3/t13-,15+,16-,19+,20-/m1/s1. The van der Waals surface area contributed by atoms with E-state index in [4.69, 9.17) is 9.47 Å². The molecule has 0 radical (unpaired) electrons. The van der Waals surface area contributed by atoms with Crippen LogP contribution < -0.4 is 9.47 Å². The van der Waals surface area contributed by atoms with Crippen LogP contribution in [0.1, 0.15) is 37.7 Å². The molecule has 24 heavy (non-hydrogen) atoms. The second-order valence-electron chi connectivity index (χ2n) is 7.88. The molecule has 1 aromatic rings. The molecule has 1 heterocycles. The summed E-state index contributed by atoms with van der Waals surface area (Å²) in [5, 5.41) is 10.7. The zero-order valence-electron chi connectivity index (χ0n) is 15.0. The lowest BCUT2D eigenvalue weighted by molar-refractivity contribution is -0.0265. The Bertz CT molecular complexity index is 619. The van der Waals surface area contributed by atoms with E-state index in [0.29, 0.717) is 17.9 Å². The largest absolute Gasteiger partial charge is 0.493 e. The molecule has 2 bridgehead atoms. The van der Waals surface area contributed by atoms with Crippen LogP contribution in [-0.2, 0) is 5.41 Å². The fraction of sp³-hybridized carbons (Fsp3) is 0.700. The first-order chi connectivity index (χ1) is 11.6. The normalized spacial score (nSPS) is 38.7. The summed E-state index contributed by atoms with van der Waals surface area (Å²) in [5.74, 6) is 2.56. The van der Waals surface area contributed by atoms with Crippen LogP contribution in [-0.4, -0.2) is 50.0 Å². The molecule has 4 aliphatic rings. The molecule has 3 aliphatic carbocycles. The summed E-state index contributed by atoms with van der Waals surface area (Å²) in [6.07, 6.45) is 5.61. The molecule has 4 nitrogen and oxygen atoms in total. The van der Waals surface area contributed by atoms with Gasteiger partial charge in [0.25, 0.3) is 0 Å². The number of rotatable bonds is 3. The van der Waals surface area contributed by atoms with Crippen molar-refractivity contribution >= 4 is 0 Å². The number of hydrogen-bond acceptors (Lipinski definition) is 4. The summed E-state index contributed by atoms with van der Waals surface area (Å²) >= 11 is 0. The predicted octanol–water partition coefficient (Wildman–Crippen LogP) is 2.83. The van der Waals surface area contributed by atoms with Crippen LogP contribution in [0.5, 0.6) is 11.5 Å². The van der Waals surface area contributed by atoms with Gasteiger partial charge in [0, 0.05) is 17.4 Å². The number of aliphatic hydroxyl groups is 1. The van der Waals surface area contributed by atoms with Crippen molar-refractivity contribution in [2.75, 3.05) is 27.8 Å². The third kappa shape index (κ3) is 2.12. The van der Waals surface area contributed by atoms with Gasteiger partial charge in [-0.3, -0.25) is 0 Å². The highest BCUT2D eigenvalue weighted by atomic mass is 16.5. The fourth-order valence-corrected chi connectivity index (χ4v) is 6.09. The number of aliphatic hydroxyl groups excluding tert-OH is 1. The first kappa shape index (κ1) is 16.2. The van der Waals surface area contributed by atoms with Crippen molar-refractivity contribution in [1.82, 2.24) is 4.90 Å². The van der Waals surface area contributed by atoms with E-state index in [9.17, 15) is 5.11 Å². The van der Waals surface area contributed by atoms with E-state index >= 15 is 0 Å². The van der Waals surface area contributed by atoms with Crippen LogP contribution in [0.25, 0.3) is 0 Å². The monoisotopic (exact) mass is 331 g/mol. The molecule has 5 rings (SSSR count). The number of ether oxygens (including phenoxy) is 2. The van der Waals surface area contributed by atoms with Crippen molar-refractivity contribution in [2.45, 2.75) is 49.7 Å². The average molecular weight is 331 g/mol. The molecule has 1 N–H and O–H groups in total. The van der Waals surface area contributed by atoms with Gasteiger partial charge in [0.05, 0.1) is 20.3 Å². The minimum atomic E-state index is -0.142. The molecule has 0 amide bonds. The van der Waals surface area contributed by atoms with Gasteiger partial charge in [0.1, 0.15) is 0 Å². The topological polar surface area (TPSA) is 41.9 Å². The van der Waals surface area contributed by atoms with E-state index in [0.717, 1.165) is 30.9 Å². The second kappa shape index (κ2) is 5.92. The minimum absolute atomic E-state index is 0.142. The van der Waals surface area contributed by atoms with E-state index in [1.54, 1.807) is 14.2 Å². The van der Waals surface area contributed by atoms with Crippen molar-refractivity contribution in [3.05, 3.63) is 23.8 Å². The molecule has 5 atom stereocenters. The number of hydrogen-bond donors (Lipinski definition) is 1. The summed E-state index contributed by atoms with van der Waals surface area (Å²) in [6, 6.07) is 6.92. The molecule has 0 aromatic heterocycles. The Labute approximate surface area is 144 Å². The van der Waals surface area contributed by atoms with Crippen LogP contribution in [0, 0.1) is 11.8 Å². The molecule has 0 unspecified atom stereocenters. The zero-order chi connectivity index (χ0) is 16.9. The van der Waals surface area contributed by atoms with E-state index in [-0.39, 0.29) is 11.5 Å². The maximum absolute atomic E-state index is 10.7. The molecule has 3 saturated carbocycles. The highest BCUT2D eigenvalue weighted by molar-refractivity contribution is 5.47. The molecule has 4 heteroatoms. The van der Waals surface area contributed by atoms with E-state index < -0.39 is 0 Å². The third-order valence-corrected chi connectivity index (χ3v) is 7.05. The van der Waals surface area contributed by atoms with Gasteiger partial charge in [-0.15, -0.1) is 0 Å². The minimum Gasteiger partial charge on any atom is -0.493 e. The molecule has 1 saturated heterocycles. The average Bonchev–Trinajstić information content (AvgIpc) is 2.75. The van der Waals surface area contributed by atoms with Crippen LogP contribution in [0.2, 0.25) is 0 Å². The zero-order valence-corrected chi connectivity index (χ0v) is 15.0. The van der Waals surface area contributed by atoms with E-state index in [1.807, 2.05) is 6.07 Å². The number of methoxy groups -OCH3 is 2. The first-order valence-corrected chi connectivity index (χ1v) is 9.22. The molecular formula is C20H29NO3. The smallest absolute Gasteiger partial charge is 0.161 e. The summed E-state index contributed by atoms with van der Waals surface area (Å²) in [7, 11) is 5.63. The van der Waals surface area contributed by atoms with Crippen molar-refractivity contribution in [3.8, 4) is 11.5 Å². The lowest BCUT2D eigenvalue weighted by atomic mass is 9.57. The van der Waals surface area contributed by atoms with Crippen LogP contribution in [0.15, 0.2) is 18.2 Å². The molecular weight excluding hydrogens is 302 g/mol. The Kier molecular flexibility index (Phi) is 4.00. The second-order valence-corrected chi connectivity index (χ2v) is 7.88. The van der Waals surface area contributed by atoms with Gasteiger partial charge in [0.2, 0.25) is 0 Å². The summed E-state index contributed by atoms with van der Waals surface area (Å²) in [5.41, 5.74) is 1.52. The molecule has 0 spiro atoms. The highest BCUT2D eigenvalue weighted by Gasteiger charge is 2.60. The Morgan fingerprint density at radius 1 is 1.17 bits per heavy atom. The number of likely N-dealkylation sites (tertiary alicyclic amines) is 1. The number of benzene rings is 1.